The van der Waals surface area contributed by atoms with Crippen LogP contribution < -0.4 is 5.32 Å². The first kappa shape index (κ1) is 19.8. The molecule has 1 fully saturated rings. The molecule has 0 spiro atoms. The quantitative estimate of drug-likeness (QED) is 0.775. The van der Waals surface area contributed by atoms with Gasteiger partial charge in [-0.3, -0.25) is 9.69 Å². The van der Waals surface area contributed by atoms with Gasteiger partial charge in [-0.1, -0.05) is 23.7 Å². The van der Waals surface area contributed by atoms with Crippen LogP contribution in [0, 0.1) is 5.92 Å². The highest BCUT2D eigenvalue weighted by Crippen LogP contribution is 2.29. The summed E-state index contributed by atoms with van der Waals surface area (Å²) in [5, 5.41) is 3.42. The van der Waals surface area contributed by atoms with Gasteiger partial charge in [-0.15, -0.1) is 0 Å². The van der Waals surface area contributed by atoms with E-state index in [1.807, 2.05) is 12.1 Å². The van der Waals surface area contributed by atoms with E-state index in [-0.39, 0.29) is 12.6 Å². The topological polar surface area (TPSA) is 74.2 Å². The highest BCUT2D eigenvalue weighted by atomic mass is 35.5. The van der Waals surface area contributed by atoms with Crippen LogP contribution in [0.4, 0.5) is 4.79 Å². The van der Waals surface area contributed by atoms with E-state index in [0.29, 0.717) is 17.3 Å². The SMILES string of the molecule is CCOC(=O)C1C(CN2CCN(C)CC2)=NC(=O)NC1c1ccc(Cl)cc1. The number of rotatable bonds is 5. The number of ether oxygens (including phenoxy) is 1. The normalized spacial score (nSPS) is 24.3. The Morgan fingerprint density at radius 1 is 1.26 bits per heavy atom. The lowest BCUT2D eigenvalue weighted by atomic mass is 9.87. The molecule has 0 saturated carbocycles. The molecule has 0 aliphatic carbocycles. The Kier molecular flexibility index (Phi) is 6.46. The molecule has 7 nitrogen and oxygen atoms in total. The monoisotopic (exact) mass is 392 g/mol. The van der Waals surface area contributed by atoms with Crippen molar-refractivity contribution in [2.75, 3.05) is 46.4 Å². The molecule has 3 rings (SSSR count). The van der Waals surface area contributed by atoms with Gasteiger partial charge >= 0.3 is 12.0 Å². The van der Waals surface area contributed by atoms with Crippen molar-refractivity contribution in [1.82, 2.24) is 15.1 Å². The van der Waals surface area contributed by atoms with Crippen molar-refractivity contribution in [1.29, 1.82) is 0 Å². The summed E-state index contributed by atoms with van der Waals surface area (Å²) in [5.41, 5.74) is 1.36. The summed E-state index contributed by atoms with van der Waals surface area (Å²) in [7, 11) is 2.08. The average molecular weight is 393 g/mol. The lowest BCUT2D eigenvalue weighted by Gasteiger charge is -2.36. The molecular weight excluding hydrogens is 368 g/mol. The highest BCUT2D eigenvalue weighted by molar-refractivity contribution is 6.30. The number of halogens is 1. The molecule has 0 radical (unpaired) electrons. The molecule has 1 aromatic rings. The van der Waals surface area contributed by atoms with E-state index in [4.69, 9.17) is 16.3 Å². The third-order valence-electron chi connectivity index (χ3n) is 4.97. The molecule has 1 aromatic carbocycles. The number of hydrogen-bond donors (Lipinski definition) is 1. The van der Waals surface area contributed by atoms with Gasteiger partial charge in [0.1, 0.15) is 5.92 Å². The molecule has 2 heterocycles. The molecule has 2 unspecified atom stereocenters. The number of urea groups is 1. The number of piperazine rings is 1. The maximum atomic E-state index is 12.8. The molecule has 27 heavy (non-hydrogen) atoms. The summed E-state index contributed by atoms with van der Waals surface area (Å²) < 4.78 is 5.30. The van der Waals surface area contributed by atoms with E-state index < -0.39 is 18.0 Å². The van der Waals surface area contributed by atoms with Gasteiger partial charge in [-0.2, -0.15) is 0 Å². The van der Waals surface area contributed by atoms with E-state index in [1.54, 1.807) is 19.1 Å². The van der Waals surface area contributed by atoms with E-state index in [0.717, 1.165) is 31.7 Å². The summed E-state index contributed by atoms with van der Waals surface area (Å²) in [4.78, 5) is 33.6. The largest absolute Gasteiger partial charge is 0.465 e. The molecule has 2 aliphatic heterocycles. The van der Waals surface area contributed by atoms with Gasteiger partial charge in [-0.05, 0) is 31.7 Å². The lowest BCUT2D eigenvalue weighted by Crippen LogP contribution is -2.52. The molecule has 2 atom stereocenters. The number of hydrogen-bond acceptors (Lipinski definition) is 5. The summed E-state index contributed by atoms with van der Waals surface area (Å²) in [6.45, 7) is 6.17. The fourth-order valence-electron chi connectivity index (χ4n) is 3.46. The first-order chi connectivity index (χ1) is 13.0. The Bertz CT molecular complexity index is 714. The van der Waals surface area contributed by atoms with Crippen molar-refractivity contribution in [3.8, 4) is 0 Å². The Balaban J connectivity index is 1.87. The number of nitrogens with one attached hydrogen (secondary N) is 1. The number of carbonyl (C=O) groups excluding carboxylic acids is 2. The number of nitrogens with zero attached hydrogens (tertiary/aromatic N) is 3. The van der Waals surface area contributed by atoms with Gasteiger partial charge in [0.15, 0.2) is 0 Å². The van der Waals surface area contributed by atoms with Crippen molar-refractivity contribution < 1.29 is 14.3 Å². The van der Waals surface area contributed by atoms with Gasteiger partial charge in [-0.25, -0.2) is 9.79 Å². The summed E-state index contributed by atoms with van der Waals surface area (Å²) in [6.07, 6.45) is 0. The third kappa shape index (κ3) is 4.86. The van der Waals surface area contributed by atoms with E-state index in [9.17, 15) is 9.59 Å². The zero-order valence-corrected chi connectivity index (χ0v) is 16.4. The molecule has 0 bridgehead atoms. The van der Waals surface area contributed by atoms with Crippen LogP contribution in [0.2, 0.25) is 5.02 Å². The van der Waals surface area contributed by atoms with Gasteiger partial charge in [0.05, 0.1) is 18.4 Å². The van der Waals surface area contributed by atoms with Crippen molar-refractivity contribution in [2.24, 2.45) is 10.9 Å². The molecule has 8 heteroatoms. The van der Waals surface area contributed by atoms with Gasteiger partial charge in [0.2, 0.25) is 0 Å². The number of amides is 2. The maximum absolute atomic E-state index is 12.8. The fraction of sp³-hybridized carbons (Fsp3) is 0.526. The Labute approximate surface area is 164 Å². The standard InChI is InChI=1S/C19H25ClN4O3/c1-3-27-18(25)16-15(12-24-10-8-23(2)9-11-24)21-19(26)22-17(16)13-4-6-14(20)7-5-13/h4-7,16-17H,3,8-12H2,1-2H3,(H,22,26). The number of likely N-dealkylation sites (N-methyl/N-ethyl adjacent to an activating group) is 1. The minimum atomic E-state index is -0.650. The Hall–Kier alpha value is -1.96. The molecule has 2 amide bonds. The van der Waals surface area contributed by atoms with Crippen molar-refractivity contribution >= 4 is 29.3 Å². The first-order valence-corrected chi connectivity index (χ1v) is 9.56. The number of aliphatic imine (C=N–C) groups is 1. The second-order valence-electron chi connectivity index (χ2n) is 6.89. The second-order valence-corrected chi connectivity index (χ2v) is 7.33. The van der Waals surface area contributed by atoms with Crippen LogP contribution in [0.5, 0.6) is 0 Å². The van der Waals surface area contributed by atoms with E-state index >= 15 is 0 Å². The molecule has 146 valence electrons. The van der Waals surface area contributed by atoms with Gasteiger partial charge < -0.3 is 15.0 Å². The molecular formula is C19H25ClN4O3. The summed E-state index contributed by atoms with van der Waals surface area (Å²) in [6, 6.07) is 6.18. The lowest BCUT2D eigenvalue weighted by molar-refractivity contribution is -0.146. The van der Waals surface area contributed by atoms with E-state index in [2.05, 4.69) is 27.2 Å². The van der Waals surface area contributed by atoms with Crippen LogP contribution in [0.15, 0.2) is 29.3 Å². The predicted molar refractivity (Wildman–Crippen MR) is 104 cm³/mol. The van der Waals surface area contributed by atoms with Gasteiger partial charge in [0, 0.05) is 37.7 Å². The Morgan fingerprint density at radius 2 is 1.93 bits per heavy atom. The van der Waals surface area contributed by atoms with Crippen molar-refractivity contribution in [2.45, 2.75) is 13.0 Å². The van der Waals surface area contributed by atoms with Crippen LogP contribution in [0.3, 0.4) is 0 Å². The van der Waals surface area contributed by atoms with Crippen LogP contribution in [-0.4, -0.2) is 73.9 Å². The van der Waals surface area contributed by atoms with Gasteiger partial charge in [0.25, 0.3) is 0 Å². The zero-order valence-electron chi connectivity index (χ0n) is 15.7. The predicted octanol–water partition coefficient (Wildman–Crippen LogP) is 1.97. The summed E-state index contributed by atoms with van der Waals surface area (Å²) in [5.74, 6) is -1.02. The maximum Gasteiger partial charge on any atom is 0.341 e. The van der Waals surface area contributed by atoms with Crippen molar-refractivity contribution in [3.05, 3.63) is 34.9 Å². The second kappa shape index (κ2) is 8.82. The molecule has 0 aromatic heterocycles. The number of benzene rings is 1. The number of esters is 1. The highest BCUT2D eigenvalue weighted by Gasteiger charge is 2.40. The molecule has 1 saturated heterocycles. The average Bonchev–Trinajstić information content (AvgIpc) is 2.64. The Morgan fingerprint density at radius 3 is 2.56 bits per heavy atom. The summed E-state index contributed by atoms with van der Waals surface area (Å²) >= 11 is 5.98. The minimum Gasteiger partial charge on any atom is -0.465 e. The molecule has 1 N–H and O–H groups in total. The first-order valence-electron chi connectivity index (χ1n) is 9.19. The van der Waals surface area contributed by atoms with Crippen LogP contribution in [-0.2, 0) is 9.53 Å². The smallest absolute Gasteiger partial charge is 0.341 e. The van der Waals surface area contributed by atoms with Crippen LogP contribution >= 0.6 is 11.6 Å². The van der Waals surface area contributed by atoms with Crippen LogP contribution in [0.1, 0.15) is 18.5 Å². The van der Waals surface area contributed by atoms with Crippen molar-refractivity contribution in [3.63, 3.8) is 0 Å². The molecule has 2 aliphatic rings. The fourth-order valence-corrected chi connectivity index (χ4v) is 3.59. The zero-order chi connectivity index (χ0) is 19.4. The van der Waals surface area contributed by atoms with E-state index in [1.165, 1.54) is 0 Å². The minimum absolute atomic E-state index is 0.276. The van der Waals surface area contributed by atoms with Crippen LogP contribution in [0.25, 0.3) is 0 Å². The number of carbonyl (C=O) groups is 2. The third-order valence-corrected chi connectivity index (χ3v) is 5.22.